The standard InChI is InChI=1S/C15H20N2O2/c1-3-11(15-14(5-1)18-10-19-15)9-16-12-6-8-17-7-2-4-13(12)17/h1,3,5,12-13,16H,2,4,6-10H2. The zero-order chi connectivity index (χ0) is 12.7. The molecular formula is C15H20N2O2. The molecular weight excluding hydrogens is 240 g/mol. The second kappa shape index (κ2) is 4.69. The van der Waals surface area contributed by atoms with Crippen LogP contribution in [0.2, 0.25) is 0 Å². The Bertz CT molecular complexity index is 477. The van der Waals surface area contributed by atoms with E-state index in [4.69, 9.17) is 9.47 Å². The Kier molecular flexibility index (Phi) is 2.85. The average Bonchev–Trinajstić information content (AvgIpc) is 3.13. The van der Waals surface area contributed by atoms with Crippen LogP contribution in [-0.4, -0.2) is 36.9 Å². The summed E-state index contributed by atoms with van der Waals surface area (Å²) in [5.41, 5.74) is 1.21. The molecule has 2 atom stereocenters. The van der Waals surface area contributed by atoms with Gasteiger partial charge in [-0.05, 0) is 31.9 Å². The lowest BCUT2D eigenvalue weighted by atomic mass is 10.1. The normalized spacial score (nSPS) is 28.8. The monoisotopic (exact) mass is 260 g/mol. The van der Waals surface area contributed by atoms with E-state index in [1.54, 1.807) is 0 Å². The molecule has 4 nitrogen and oxygen atoms in total. The van der Waals surface area contributed by atoms with E-state index in [0.717, 1.165) is 24.1 Å². The summed E-state index contributed by atoms with van der Waals surface area (Å²) in [5, 5.41) is 3.72. The quantitative estimate of drug-likeness (QED) is 0.897. The van der Waals surface area contributed by atoms with Crippen molar-refractivity contribution in [3.05, 3.63) is 23.8 Å². The van der Waals surface area contributed by atoms with Crippen molar-refractivity contribution in [3.8, 4) is 11.5 Å². The van der Waals surface area contributed by atoms with Crippen molar-refractivity contribution >= 4 is 0 Å². The zero-order valence-electron chi connectivity index (χ0n) is 11.1. The van der Waals surface area contributed by atoms with Crippen LogP contribution >= 0.6 is 0 Å². The fourth-order valence-corrected chi connectivity index (χ4v) is 3.69. The Hall–Kier alpha value is -1.26. The molecule has 2 fully saturated rings. The van der Waals surface area contributed by atoms with Crippen molar-refractivity contribution in [3.63, 3.8) is 0 Å². The molecule has 3 aliphatic rings. The van der Waals surface area contributed by atoms with Gasteiger partial charge in [-0.25, -0.2) is 0 Å². The van der Waals surface area contributed by atoms with Crippen LogP contribution in [0.3, 0.4) is 0 Å². The zero-order valence-corrected chi connectivity index (χ0v) is 11.1. The maximum atomic E-state index is 5.56. The van der Waals surface area contributed by atoms with E-state index in [9.17, 15) is 0 Å². The molecule has 3 aliphatic heterocycles. The Morgan fingerprint density at radius 1 is 1.21 bits per heavy atom. The number of nitrogens with zero attached hydrogens (tertiary/aromatic N) is 1. The fourth-order valence-electron chi connectivity index (χ4n) is 3.69. The van der Waals surface area contributed by atoms with E-state index in [0.29, 0.717) is 12.8 Å². The molecule has 1 aromatic rings. The van der Waals surface area contributed by atoms with Crippen LogP contribution in [0.25, 0.3) is 0 Å². The van der Waals surface area contributed by atoms with Crippen LogP contribution < -0.4 is 14.8 Å². The molecule has 0 spiro atoms. The molecule has 0 saturated carbocycles. The molecule has 2 unspecified atom stereocenters. The van der Waals surface area contributed by atoms with Crippen molar-refractivity contribution in [2.45, 2.75) is 37.9 Å². The van der Waals surface area contributed by atoms with Gasteiger partial charge in [0.2, 0.25) is 6.79 Å². The van der Waals surface area contributed by atoms with Gasteiger partial charge in [-0.2, -0.15) is 0 Å². The van der Waals surface area contributed by atoms with E-state index >= 15 is 0 Å². The van der Waals surface area contributed by atoms with Crippen LogP contribution in [0, 0.1) is 0 Å². The van der Waals surface area contributed by atoms with Gasteiger partial charge < -0.3 is 14.8 Å². The highest BCUT2D eigenvalue weighted by Crippen LogP contribution is 2.35. The summed E-state index contributed by atoms with van der Waals surface area (Å²) < 4.78 is 11.0. The van der Waals surface area contributed by atoms with E-state index in [1.807, 2.05) is 12.1 Å². The second-order valence-corrected chi connectivity index (χ2v) is 5.67. The Balaban J connectivity index is 1.44. The highest BCUT2D eigenvalue weighted by Gasteiger charge is 2.36. The summed E-state index contributed by atoms with van der Waals surface area (Å²) >= 11 is 0. The Labute approximate surface area is 113 Å². The smallest absolute Gasteiger partial charge is 0.231 e. The van der Waals surface area contributed by atoms with E-state index < -0.39 is 0 Å². The van der Waals surface area contributed by atoms with E-state index in [-0.39, 0.29) is 0 Å². The fraction of sp³-hybridized carbons (Fsp3) is 0.600. The third kappa shape index (κ3) is 1.99. The van der Waals surface area contributed by atoms with Crippen molar-refractivity contribution in [1.82, 2.24) is 10.2 Å². The summed E-state index contributed by atoms with van der Waals surface area (Å²) in [6.45, 7) is 3.78. The predicted octanol–water partition coefficient (Wildman–Crippen LogP) is 1.74. The second-order valence-electron chi connectivity index (χ2n) is 5.67. The van der Waals surface area contributed by atoms with Gasteiger partial charge >= 0.3 is 0 Å². The summed E-state index contributed by atoms with van der Waals surface area (Å²) in [5.74, 6) is 1.81. The van der Waals surface area contributed by atoms with Crippen molar-refractivity contribution < 1.29 is 9.47 Å². The van der Waals surface area contributed by atoms with Crippen LogP contribution in [0.15, 0.2) is 18.2 Å². The van der Waals surface area contributed by atoms with E-state index in [1.165, 1.54) is 37.9 Å². The first kappa shape index (κ1) is 11.6. The summed E-state index contributed by atoms with van der Waals surface area (Å²) in [6, 6.07) is 7.54. The minimum atomic E-state index is 0.353. The third-order valence-electron chi connectivity index (χ3n) is 4.64. The van der Waals surface area contributed by atoms with Crippen LogP contribution in [0.5, 0.6) is 11.5 Å². The molecule has 2 saturated heterocycles. The number of nitrogens with one attached hydrogen (secondary N) is 1. The highest BCUT2D eigenvalue weighted by atomic mass is 16.7. The molecule has 0 aromatic heterocycles. The van der Waals surface area contributed by atoms with Crippen molar-refractivity contribution in [2.75, 3.05) is 19.9 Å². The number of hydrogen-bond donors (Lipinski definition) is 1. The van der Waals surface area contributed by atoms with Gasteiger partial charge in [0.15, 0.2) is 11.5 Å². The molecule has 1 N–H and O–H groups in total. The number of rotatable bonds is 3. The molecule has 0 amide bonds. The lowest BCUT2D eigenvalue weighted by Gasteiger charge is -2.21. The van der Waals surface area contributed by atoms with Crippen molar-refractivity contribution in [1.29, 1.82) is 0 Å². The van der Waals surface area contributed by atoms with Crippen LogP contribution in [0.1, 0.15) is 24.8 Å². The predicted molar refractivity (Wildman–Crippen MR) is 72.4 cm³/mol. The number of ether oxygens (including phenoxy) is 2. The van der Waals surface area contributed by atoms with Gasteiger partial charge in [-0.3, -0.25) is 4.90 Å². The molecule has 1 aromatic carbocycles. The molecule has 0 bridgehead atoms. The highest BCUT2D eigenvalue weighted by molar-refractivity contribution is 5.48. The average molecular weight is 260 g/mol. The number of benzene rings is 1. The first-order valence-corrected chi connectivity index (χ1v) is 7.27. The molecule has 4 heteroatoms. The maximum absolute atomic E-state index is 5.56. The minimum absolute atomic E-state index is 0.353. The number of para-hydroxylation sites is 1. The van der Waals surface area contributed by atoms with Gasteiger partial charge in [0.1, 0.15) is 0 Å². The summed E-state index contributed by atoms with van der Waals surface area (Å²) in [4.78, 5) is 2.63. The van der Waals surface area contributed by atoms with Gasteiger partial charge in [-0.1, -0.05) is 12.1 Å². The molecule has 0 aliphatic carbocycles. The minimum Gasteiger partial charge on any atom is -0.454 e. The van der Waals surface area contributed by atoms with Crippen LogP contribution in [-0.2, 0) is 6.54 Å². The van der Waals surface area contributed by atoms with Gasteiger partial charge in [0.25, 0.3) is 0 Å². The van der Waals surface area contributed by atoms with E-state index in [2.05, 4.69) is 16.3 Å². The Morgan fingerprint density at radius 2 is 2.21 bits per heavy atom. The number of hydrogen-bond acceptors (Lipinski definition) is 4. The molecule has 19 heavy (non-hydrogen) atoms. The van der Waals surface area contributed by atoms with Crippen molar-refractivity contribution in [2.24, 2.45) is 0 Å². The summed E-state index contributed by atoms with van der Waals surface area (Å²) in [6.07, 6.45) is 3.99. The molecule has 4 rings (SSSR count). The first-order chi connectivity index (χ1) is 9.42. The first-order valence-electron chi connectivity index (χ1n) is 7.27. The van der Waals surface area contributed by atoms with Gasteiger partial charge in [0.05, 0.1) is 0 Å². The topological polar surface area (TPSA) is 33.7 Å². The largest absolute Gasteiger partial charge is 0.454 e. The molecule has 0 radical (unpaired) electrons. The SMILES string of the molecule is c1cc(CNC2CCN3CCCC23)c2c(c1)OCO2. The van der Waals surface area contributed by atoms with Crippen LogP contribution in [0.4, 0.5) is 0 Å². The third-order valence-corrected chi connectivity index (χ3v) is 4.64. The molecule has 3 heterocycles. The van der Waals surface area contributed by atoms with Gasteiger partial charge in [0, 0.05) is 30.7 Å². The maximum Gasteiger partial charge on any atom is 0.231 e. The molecule has 102 valence electrons. The lowest BCUT2D eigenvalue weighted by Crippen LogP contribution is -2.38. The number of fused-ring (bicyclic) bond motifs is 2. The lowest BCUT2D eigenvalue weighted by molar-refractivity contribution is 0.173. The summed E-state index contributed by atoms with van der Waals surface area (Å²) in [7, 11) is 0. The van der Waals surface area contributed by atoms with Gasteiger partial charge in [-0.15, -0.1) is 0 Å². The Morgan fingerprint density at radius 3 is 3.21 bits per heavy atom.